The van der Waals surface area contributed by atoms with Gasteiger partial charge in [0.1, 0.15) is 0 Å². The lowest BCUT2D eigenvalue weighted by molar-refractivity contribution is -0.0694. The van der Waals surface area contributed by atoms with Gasteiger partial charge in [-0.15, -0.1) is 0 Å². The van der Waals surface area contributed by atoms with Gasteiger partial charge in [-0.25, -0.2) is 4.79 Å². The van der Waals surface area contributed by atoms with Crippen LogP contribution in [0.25, 0.3) is 0 Å². The minimum Gasteiger partial charge on any atom is -0.432 e. The van der Waals surface area contributed by atoms with E-state index in [2.05, 4.69) is 11.8 Å². The third kappa shape index (κ3) is 4.08. The van der Waals surface area contributed by atoms with Crippen LogP contribution in [0.2, 0.25) is 0 Å². The van der Waals surface area contributed by atoms with E-state index >= 15 is 0 Å². The van der Waals surface area contributed by atoms with Crippen LogP contribution in [0.1, 0.15) is 40.0 Å². The summed E-state index contributed by atoms with van der Waals surface area (Å²) in [4.78, 5) is 13.5. The minimum absolute atomic E-state index is 0.0880. The Morgan fingerprint density at radius 1 is 1.47 bits per heavy atom. The Morgan fingerprint density at radius 2 is 2.20 bits per heavy atom. The van der Waals surface area contributed by atoms with Crippen LogP contribution in [-0.2, 0) is 9.47 Å². The molecule has 0 amide bonds. The van der Waals surface area contributed by atoms with E-state index in [1.807, 2.05) is 13.8 Å². The van der Waals surface area contributed by atoms with Gasteiger partial charge in [0.05, 0.1) is 6.10 Å². The summed E-state index contributed by atoms with van der Waals surface area (Å²) in [6.07, 6.45) is 2.48. The molecule has 0 aromatic rings. The van der Waals surface area contributed by atoms with Crippen molar-refractivity contribution < 1.29 is 14.3 Å². The van der Waals surface area contributed by atoms with Crippen LogP contribution in [0.15, 0.2) is 0 Å². The molecule has 4 heteroatoms. The zero-order chi connectivity index (χ0) is 11.3. The number of ether oxygens (including phenoxy) is 2. The van der Waals surface area contributed by atoms with Gasteiger partial charge < -0.3 is 9.47 Å². The van der Waals surface area contributed by atoms with Gasteiger partial charge >= 0.3 is 6.16 Å². The van der Waals surface area contributed by atoms with Crippen LogP contribution in [0.5, 0.6) is 0 Å². The molecule has 1 heterocycles. The predicted molar refractivity (Wildman–Crippen MR) is 57.6 cm³/mol. The molecule has 15 heavy (non-hydrogen) atoms. The van der Waals surface area contributed by atoms with Crippen molar-refractivity contribution >= 4 is 6.16 Å². The molecule has 0 aliphatic carbocycles. The molecule has 0 saturated carbocycles. The van der Waals surface area contributed by atoms with Crippen molar-refractivity contribution in [1.29, 1.82) is 0 Å². The van der Waals surface area contributed by atoms with E-state index in [9.17, 15) is 4.79 Å². The van der Waals surface area contributed by atoms with Crippen molar-refractivity contribution in [3.63, 3.8) is 0 Å². The largest absolute Gasteiger partial charge is 0.510 e. The fraction of sp³-hybridized carbons (Fsp3) is 0.909. The average Bonchev–Trinajstić information content (AvgIpc) is 2.17. The van der Waals surface area contributed by atoms with Gasteiger partial charge in [0.15, 0.2) is 6.23 Å². The number of rotatable bonds is 3. The highest BCUT2D eigenvalue weighted by atomic mass is 16.7. The number of likely N-dealkylation sites (tertiary alicyclic amines) is 1. The molecule has 0 spiro atoms. The molecule has 4 nitrogen and oxygen atoms in total. The molecule has 0 radical (unpaired) electrons. The van der Waals surface area contributed by atoms with Gasteiger partial charge in [-0.05, 0) is 39.7 Å². The molecule has 0 aromatic carbocycles. The Kier molecular flexibility index (Phi) is 4.88. The summed E-state index contributed by atoms with van der Waals surface area (Å²) in [5.41, 5.74) is 0. The fourth-order valence-electron chi connectivity index (χ4n) is 1.79. The van der Waals surface area contributed by atoms with Gasteiger partial charge in [0.25, 0.3) is 0 Å². The van der Waals surface area contributed by atoms with Crippen LogP contribution in [-0.4, -0.2) is 36.5 Å². The summed E-state index contributed by atoms with van der Waals surface area (Å²) in [6, 6.07) is 0. The molecule has 1 aliphatic heterocycles. The Hall–Kier alpha value is -0.770. The summed E-state index contributed by atoms with van der Waals surface area (Å²) in [7, 11) is 0. The van der Waals surface area contributed by atoms with E-state index in [1.54, 1.807) is 0 Å². The molecule has 0 aromatic heterocycles. The van der Waals surface area contributed by atoms with E-state index in [4.69, 9.17) is 9.47 Å². The number of carbonyl (C=O) groups excluding carboxylic acids is 1. The maximum absolute atomic E-state index is 11.3. The molecule has 0 bridgehead atoms. The Morgan fingerprint density at radius 3 is 2.80 bits per heavy atom. The third-order valence-corrected chi connectivity index (χ3v) is 2.52. The Labute approximate surface area is 91.5 Å². The summed E-state index contributed by atoms with van der Waals surface area (Å²) < 4.78 is 10.2. The first-order valence-corrected chi connectivity index (χ1v) is 5.74. The van der Waals surface area contributed by atoms with E-state index in [-0.39, 0.29) is 12.3 Å². The number of hydrogen-bond donors (Lipinski definition) is 0. The minimum atomic E-state index is -0.546. The van der Waals surface area contributed by atoms with E-state index in [0.717, 1.165) is 25.9 Å². The first-order chi connectivity index (χ1) is 7.13. The molecule has 1 saturated heterocycles. The van der Waals surface area contributed by atoms with Crippen molar-refractivity contribution in [2.24, 2.45) is 0 Å². The second-order valence-electron chi connectivity index (χ2n) is 4.11. The molecule has 88 valence electrons. The van der Waals surface area contributed by atoms with Gasteiger partial charge in [-0.1, -0.05) is 6.92 Å². The van der Waals surface area contributed by atoms with Crippen LogP contribution < -0.4 is 0 Å². The van der Waals surface area contributed by atoms with E-state index < -0.39 is 6.16 Å². The topological polar surface area (TPSA) is 38.8 Å². The monoisotopic (exact) mass is 215 g/mol. The maximum atomic E-state index is 11.3. The smallest absolute Gasteiger partial charge is 0.432 e. The maximum Gasteiger partial charge on any atom is 0.510 e. The van der Waals surface area contributed by atoms with Crippen molar-refractivity contribution in [3.05, 3.63) is 0 Å². The van der Waals surface area contributed by atoms with Gasteiger partial charge in [0, 0.05) is 6.54 Å². The van der Waals surface area contributed by atoms with Crippen molar-refractivity contribution in [2.45, 2.75) is 52.4 Å². The molecule has 1 rings (SSSR count). The standard InChI is InChI=1S/C11H21NO3/c1-4-12-8-6-5-7-10(12)15-11(13)14-9(2)3/h9-10H,4-8H2,1-3H3. The van der Waals surface area contributed by atoms with E-state index in [0.29, 0.717) is 0 Å². The fourth-order valence-corrected chi connectivity index (χ4v) is 1.79. The SMILES string of the molecule is CCN1CCCCC1OC(=O)OC(C)C. The molecular weight excluding hydrogens is 194 g/mol. The highest BCUT2D eigenvalue weighted by Crippen LogP contribution is 2.18. The van der Waals surface area contributed by atoms with Gasteiger partial charge in [-0.2, -0.15) is 0 Å². The zero-order valence-corrected chi connectivity index (χ0v) is 9.86. The Bertz CT molecular complexity index is 206. The van der Waals surface area contributed by atoms with E-state index in [1.165, 1.54) is 6.42 Å². The molecule has 1 aliphatic rings. The van der Waals surface area contributed by atoms with Crippen LogP contribution in [0, 0.1) is 0 Å². The zero-order valence-electron chi connectivity index (χ0n) is 9.86. The first-order valence-electron chi connectivity index (χ1n) is 5.74. The van der Waals surface area contributed by atoms with Crippen molar-refractivity contribution in [2.75, 3.05) is 13.1 Å². The molecular formula is C11H21NO3. The predicted octanol–water partition coefficient (Wildman–Crippen LogP) is 2.38. The second-order valence-corrected chi connectivity index (χ2v) is 4.11. The summed E-state index contributed by atoms with van der Waals surface area (Å²) in [6.45, 7) is 7.64. The molecule has 1 atom stereocenters. The van der Waals surface area contributed by atoms with Gasteiger partial charge in [0.2, 0.25) is 0 Å². The molecule has 1 unspecified atom stereocenters. The van der Waals surface area contributed by atoms with Gasteiger partial charge in [-0.3, -0.25) is 4.90 Å². The lowest BCUT2D eigenvalue weighted by Crippen LogP contribution is -2.42. The average molecular weight is 215 g/mol. The molecule has 1 fully saturated rings. The third-order valence-electron chi connectivity index (χ3n) is 2.52. The number of nitrogens with zero attached hydrogens (tertiary/aromatic N) is 1. The number of carbonyl (C=O) groups is 1. The lowest BCUT2D eigenvalue weighted by Gasteiger charge is -2.33. The summed E-state index contributed by atoms with van der Waals surface area (Å²) in [5.74, 6) is 0. The highest BCUT2D eigenvalue weighted by Gasteiger charge is 2.25. The number of piperidine rings is 1. The summed E-state index contributed by atoms with van der Waals surface area (Å²) >= 11 is 0. The molecule has 0 N–H and O–H groups in total. The first kappa shape index (κ1) is 12.3. The van der Waals surface area contributed by atoms with Crippen LogP contribution in [0.4, 0.5) is 4.79 Å². The van der Waals surface area contributed by atoms with Crippen molar-refractivity contribution in [3.8, 4) is 0 Å². The second kappa shape index (κ2) is 5.95. The highest BCUT2D eigenvalue weighted by molar-refractivity contribution is 5.60. The normalized spacial score (nSPS) is 22.8. The number of hydrogen-bond acceptors (Lipinski definition) is 4. The Balaban J connectivity index is 2.37. The summed E-state index contributed by atoms with van der Waals surface area (Å²) in [5, 5.41) is 0. The quantitative estimate of drug-likeness (QED) is 0.677. The van der Waals surface area contributed by atoms with Crippen LogP contribution in [0.3, 0.4) is 0 Å². The van der Waals surface area contributed by atoms with Crippen LogP contribution >= 0.6 is 0 Å². The van der Waals surface area contributed by atoms with Crippen molar-refractivity contribution in [1.82, 2.24) is 4.90 Å². The lowest BCUT2D eigenvalue weighted by atomic mass is 10.1.